The fourth-order valence-corrected chi connectivity index (χ4v) is 2.76. The molecule has 2 aliphatic rings. The van der Waals surface area contributed by atoms with Gasteiger partial charge in [0.2, 0.25) is 6.23 Å². The monoisotopic (exact) mass is 288 g/mol. The standard InChI is InChI=1S/C17H12N4O/c18-8-7-15-20-16(19)13-9-12-11-4-2-1-3-10(11)5-6-14(12)22-17(13)21-15/h1-6,9,17H,7H2,(H2,19,20,21). The molecule has 2 aromatic carbocycles. The Bertz CT molecular complexity index is 918. The van der Waals surface area contributed by atoms with Crippen molar-refractivity contribution in [1.82, 2.24) is 0 Å². The van der Waals surface area contributed by atoms with Crippen LogP contribution in [0, 0.1) is 11.3 Å². The SMILES string of the molecule is N#CCC1=NC2Oc3ccc4ccccc4c3C=C2C(N)=N1. The summed E-state index contributed by atoms with van der Waals surface area (Å²) >= 11 is 0. The van der Waals surface area contributed by atoms with Crippen LogP contribution in [-0.2, 0) is 0 Å². The van der Waals surface area contributed by atoms with Gasteiger partial charge in [0.1, 0.15) is 17.4 Å². The summed E-state index contributed by atoms with van der Waals surface area (Å²) in [6, 6.07) is 14.1. The molecule has 0 amide bonds. The summed E-state index contributed by atoms with van der Waals surface area (Å²) in [6.07, 6.45) is 1.59. The van der Waals surface area contributed by atoms with Crippen molar-refractivity contribution in [1.29, 1.82) is 5.26 Å². The highest BCUT2D eigenvalue weighted by Crippen LogP contribution is 2.36. The molecule has 0 fully saturated rings. The Morgan fingerprint density at radius 3 is 2.95 bits per heavy atom. The first-order chi connectivity index (χ1) is 10.8. The number of benzene rings is 2. The molecule has 2 N–H and O–H groups in total. The van der Waals surface area contributed by atoms with E-state index in [0.29, 0.717) is 11.7 Å². The topological polar surface area (TPSA) is 83.8 Å². The Kier molecular flexibility index (Phi) is 2.70. The maximum atomic E-state index is 8.78. The summed E-state index contributed by atoms with van der Waals surface area (Å²) in [5, 5.41) is 11.0. The Balaban J connectivity index is 1.88. The zero-order chi connectivity index (χ0) is 15.1. The molecule has 1 unspecified atom stereocenters. The zero-order valence-electron chi connectivity index (χ0n) is 11.7. The highest BCUT2D eigenvalue weighted by atomic mass is 16.5. The first kappa shape index (κ1) is 12.6. The molecule has 0 aliphatic carbocycles. The van der Waals surface area contributed by atoms with Gasteiger partial charge >= 0.3 is 0 Å². The maximum Gasteiger partial charge on any atom is 0.221 e. The van der Waals surface area contributed by atoms with E-state index in [-0.39, 0.29) is 6.42 Å². The predicted molar refractivity (Wildman–Crippen MR) is 85.6 cm³/mol. The third-order valence-electron chi connectivity index (χ3n) is 3.78. The average molecular weight is 288 g/mol. The third-order valence-corrected chi connectivity index (χ3v) is 3.78. The van der Waals surface area contributed by atoms with Gasteiger partial charge in [0.25, 0.3) is 0 Å². The molecular weight excluding hydrogens is 276 g/mol. The van der Waals surface area contributed by atoms with Crippen LogP contribution in [0.15, 0.2) is 52.0 Å². The minimum absolute atomic E-state index is 0.123. The number of hydrogen-bond donors (Lipinski definition) is 1. The number of aliphatic imine (C=N–C) groups is 2. The van der Waals surface area contributed by atoms with E-state index in [9.17, 15) is 0 Å². The van der Waals surface area contributed by atoms with Gasteiger partial charge in [0.15, 0.2) is 0 Å². The van der Waals surface area contributed by atoms with Crippen LogP contribution in [0.3, 0.4) is 0 Å². The van der Waals surface area contributed by atoms with Crippen LogP contribution < -0.4 is 10.5 Å². The number of fused-ring (bicyclic) bond motifs is 4. The first-order valence-electron chi connectivity index (χ1n) is 6.94. The summed E-state index contributed by atoms with van der Waals surface area (Å²) < 4.78 is 5.96. The van der Waals surface area contributed by atoms with Gasteiger partial charge in [-0.05, 0) is 22.9 Å². The number of hydrogen-bond acceptors (Lipinski definition) is 5. The van der Waals surface area contributed by atoms with Crippen LogP contribution in [-0.4, -0.2) is 17.9 Å². The van der Waals surface area contributed by atoms with Crippen molar-refractivity contribution < 1.29 is 4.74 Å². The van der Waals surface area contributed by atoms with Crippen molar-refractivity contribution in [3.05, 3.63) is 47.5 Å². The van der Waals surface area contributed by atoms with Crippen molar-refractivity contribution in [2.75, 3.05) is 0 Å². The molecule has 1 atom stereocenters. The lowest BCUT2D eigenvalue weighted by molar-refractivity contribution is 0.248. The second-order valence-corrected chi connectivity index (χ2v) is 5.15. The quantitative estimate of drug-likeness (QED) is 0.875. The number of nitrogens with zero attached hydrogens (tertiary/aromatic N) is 3. The smallest absolute Gasteiger partial charge is 0.221 e. The number of amidine groups is 2. The molecule has 0 saturated carbocycles. The number of ether oxygens (including phenoxy) is 1. The van der Waals surface area contributed by atoms with E-state index in [4.69, 9.17) is 15.7 Å². The van der Waals surface area contributed by atoms with Crippen molar-refractivity contribution in [3.8, 4) is 11.8 Å². The first-order valence-corrected chi connectivity index (χ1v) is 6.94. The lowest BCUT2D eigenvalue weighted by Crippen LogP contribution is -2.34. The molecule has 106 valence electrons. The molecule has 0 radical (unpaired) electrons. The van der Waals surface area contributed by atoms with E-state index in [2.05, 4.69) is 22.1 Å². The highest BCUT2D eigenvalue weighted by molar-refractivity contribution is 6.12. The molecule has 0 bridgehead atoms. The van der Waals surface area contributed by atoms with E-state index < -0.39 is 6.23 Å². The molecule has 0 saturated heterocycles. The van der Waals surface area contributed by atoms with Gasteiger partial charge in [0, 0.05) is 5.56 Å². The molecule has 5 nitrogen and oxygen atoms in total. The predicted octanol–water partition coefficient (Wildman–Crippen LogP) is 2.62. The van der Waals surface area contributed by atoms with Gasteiger partial charge in [-0.2, -0.15) is 5.26 Å². The van der Waals surface area contributed by atoms with Gasteiger partial charge in [0.05, 0.1) is 18.1 Å². The fourth-order valence-electron chi connectivity index (χ4n) is 2.76. The number of nitriles is 1. The van der Waals surface area contributed by atoms with Gasteiger partial charge in [-0.25, -0.2) is 9.98 Å². The normalized spacial score (nSPS) is 19.0. The van der Waals surface area contributed by atoms with Crippen LogP contribution >= 0.6 is 0 Å². The van der Waals surface area contributed by atoms with Crippen molar-refractivity contribution in [2.45, 2.75) is 12.6 Å². The summed E-state index contributed by atoms with van der Waals surface area (Å²) in [5.74, 6) is 1.54. The van der Waals surface area contributed by atoms with Crippen molar-refractivity contribution in [2.24, 2.45) is 15.7 Å². The molecule has 2 heterocycles. The molecule has 4 rings (SSSR count). The summed E-state index contributed by atoms with van der Waals surface area (Å²) in [7, 11) is 0. The van der Waals surface area contributed by atoms with Gasteiger partial charge in [-0.15, -0.1) is 0 Å². The summed E-state index contributed by atoms with van der Waals surface area (Å²) in [5.41, 5.74) is 7.75. The van der Waals surface area contributed by atoms with Crippen LogP contribution in [0.5, 0.6) is 5.75 Å². The Hall–Kier alpha value is -3.13. The lowest BCUT2D eigenvalue weighted by Gasteiger charge is -2.27. The van der Waals surface area contributed by atoms with E-state index in [1.54, 1.807) is 0 Å². The third kappa shape index (κ3) is 1.85. The Morgan fingerprint density at radius 1 is 1.23 bits per heavy atom. The minimum atomic E-state index is -0.519. The van der Waals surface area contributed by atoms with E-state index in [1.165, 1.54) is 0 Å². The molecule has 5 heteroatoms. The van der Waals surface area contributed by atoms with Crippen LogP contribution in [0.1, 0.15) is 12.0 Å². The summed E-state index contributed by atoms with van der Waals surface area (Å²) in [4.78, 5) is 8.54. The fraction of sp³-hybridized carbons (Fsp3) is 0.118. The van der Waals surface area contributed by atoms with Gasteiger partial charge in [-0.1, -0.05) is 30.3 Å². The minimum Gasteiger partial charge on any atom is -0.464 e. The Labute approximate surface area is 127 Å². The van der Waals surface area contributed by atoms with Crippen molar-refractivity contribution in [3.63, 3.8) is 0 Å². The molecule has 0 aromatic heterocycles. The van der Waals surface area contributed by atoms with E-state index in [0.717, 1.165) is 27.7 Å². The molecule has 2 aliphatic heterocycles. The molecule has 22 heavy (non-hydrogen) atoms. The maximum absolute atomic E-state index is 8.78. The second-order valence-electron chi connectivity index (χ2n) is 5.15. The van der Waals surface area contributed by atoms with E-state index >= 15 is 0 Å². The van der Waals surface area contributed by atoms with E-state index in [1.807, 2.05) is 36.4 Å². The number of nitrogens with two attached hydrogens (primary N) is 1. The van der Waals surface area contributed by atoms with Crippen LogP contribution in [0.2, 0.25) is 0 Å². The van der Waals surface area contributed by atoms with Gasteiger partial charge < -0.3 is 10.5 Å². The average Bonchev–Trinajstić information content (AvgIpc) is 2.53. The van der Waals surface area contributed by atoms with Crippen LogP contribution in [0.4, 0.5) is 0 Å². The van der Waals surface area contributed by atoms with Gasteiger partial charge in [-0.3, -0.25) is 0 Å². The van der Waals surface area contributed by atoms with Crippen LogP contribution in [0.25, 0.3) is 16.8 Å². The molecule has 2 aromatic rings. The molecular formula is C17H12N4O. The zero-order valence-corrected chi connectivity index (χ0v) is 11.7. The highest BCUT2D eigenvalue weighted by Gasteiger charge is 2.29. The Morgan fingerprint density at radius 2 is 2.09 bits per heavy atom. The summed E-state index contributed by atoms with van der Waals surface area (Å²) in [6.45, 7) is 0. The lowest BCUT2D eigenvalue weighted by atomic mass is 9.98. The second kappa shape index (κ2) is 4.71. The molecule has 0 spiro atoms. The van der Waals surface area contributed by atoms with Crippen molar-refractivity contribution >= 4 is 28.5 Å². The number of rotatable bonds is 1. The largest absolute Gasteiger partial charge is 0.464 e.